The number of thioether (sulfide) groups is 1. The average molecular weight is 375 g/mol. The summed E-state index contributed by atoms with van der Waals surface area (Å²) in [6, 6.07) is 12.1. The van der Waals surface area contributed by atoms with Gasteiger partial charge < -0.3 is 10.2 Å². The van der Waals surface area contributed by atoms with Crippen LogP contribution in [0.25, 0.3) is 0 Å². The maximum absolute atomic E-state index is 12.7. The number of nitrogens with zero attached hydrogens (tertiary/aromatic N) is 1. The van der Waals surface area contributed by atoms with E-state index >= 15 is 0 Å². The molecule has 0 aliphatic carbocycles. The minimum atomic E-state index is -0.477. The van der Waals surface area contributed by atoms with Crippen LogP contribution in [0.4, 0.5) is 5.69 Å². The summed E-state index contributed by atoms with van der Waals surface area (Å²) in [5, 5.41) is 3.51. The van der Waals surface area contributed by atoms with Gasteiger partial charge in [-0.3, -0.25) is 9.59 Å². The zero-order valence-corrected chi connectivity index (χ0v) is 15.7. The van der Waals surface area contributed by atoms with Gasteiger partial charge >= 0.3 is 0 Å². The van der Waals surface area contributed by atoms with E-state index in [4.69, 9.17) is 11.6 Å². The van der Waals surface area contributed by atoms with Gasteiger partial charge in [-0.05, 0) is 61.4 Å². The van der Waals surface area contributed by atoms with Crippen molar-refractivity contribution in [2.45, 2.75) is 19.9 Å². The number of amides is 2. The first-order valence-electron chi connectivity index (χ1n) is 7.98. The lowest BCUT2D eigenvalue weighted by Crippen LogP contribution is -2.44. The molecule has 0 saturated carbocycles. The quantitative estimate of drug-likeness (QED) is 0.879. The summed E-state index contributed by atoms with van der Waals surface area (Å²) in [4.78, 5) is 27.0. The molecule has 1 heterocycles. The van der Waals surface area contributed by atoms with E-state index in [9.17, 15) is 9.59 Å². The molecule has 25 heavy (non-hydrogen) atoms. The van der Waals surface area contributed by atoms with Gasteiger partial charge in [-0.1, -0.05) is 17.7 Å². The van der Waals surface area contributed by atoms with E-state index in [2.05, 4.69) is 5.32 Å². The van der Waals surface area contributed by atoms with Crippen LogP contribution in [0.1, 0.15) is 21.5 Å². The molecule has 1 unspecified atom stereocenters. The molecule has 0 spiro atoms. The van der Waals surface area contributed by atoms with Gasteiger partial charge in [0.25, 0.3) is 5.91 Å². The Bertz CT molecular complexity index is 808. The van der Waals surface area contributed by atoms with E-state index in [1.807, 2.05) is 32.0 Å². The number of rotatable bonds is 3. The fraction of sp³-hybridized carbons (Fsp3) is 0.263. The van der Waals surface area contributed by atoms with Crippen LogP contribution in [-0.4, -0.2) is 34.4 Å². The average Bonchev–Trinajstić information content (AvgIpc) is 3.08. The standard InChI is InChI=1S/C19H19ClN2O2S/c1-12-3-8-16(9-13(12)2)21-18(23)17-10-25-11-22(17)19(24)14-4-6-15(20)7-5-14/h3-9,17H,10-11H2,1-2H3,(H,21,23). The molecule has 1 saturated heterocycles. The van der Waals surface area contributed by atoms with E-state index < -0.39 is 6.04 Å². The maximum Gasteiger partial charge on any atom is 0.255 e. The number of nitrogens with one attached hydrogen (secondary N) is 1. The molecule has 1 atom stereocenters. The lowest BCUT2D eigenvalue weighted by molar-refractivity contribution is -0.119. The highest BCUT2D eigenvalue weighted by Crippen LogP contribution is 2.25. The van der Waals surface area contributed by atoms with Crippen LogP contribution >= 0.6 is 23.4 Å². The summed E-state index contributed by atoms with van der Waals surface area (Å²) < 4.78 is 0. The highest BCUT2D eigenvalue weighted by Gasteiger charge is 2.35. The summed E-state index contributed by atoms with van der Waals surface area (Å²) >= 11 is 7.46. The zero-order valence-electron chi connectivity index (χ0n) is 14.1. The second-order valence-electron chi connectivity index (χ2n) is 6.09. The van der Waals surface area contributed by atoms with Gasteiger partial charge in [0.2, 0.25) is 5.91 Å². The SMILES string of the molecule is Cc1ccc(NC(=O)C2CSCN2C(=O)c2ccc(Cl)cc2)cc1C. The molecule has 3 rings (SSSR count). The largest absolute Gasteiger partial charge is 0.324 e. The van der Waals surface area contributed by atoms with Crippen molar-refractivity contribution in [2.24, 2.45) is 0 Å². The van der Waals surface area contributed by atoms with Crippen molar-refractivity contribution in [2.75, 3.05) is 16.9 Å². The predicted molar refractivity (Wildman–Crippen MR) is 103 cm³/mol. The topological polar surface area (TPSA) is 49.4 Å². The second kappa shape index (κ2) is 7.50. The molecule has 2 aromatic carbocycles. The van der Waals surface area contributed by atoms with Crippen LogP contribution in [0.5, 0.6) is 0 Å². The molecule has 0 aromatic heterocycles. The highest BCUT2D eigenvalue weighted by molar-refractivity contribution is 7.99. The molecule has 6 heteroatoms. The fourth-order valence-electron chi connectivity index (χ4n) is 2.66. The Morgan fingerprint density at radius 2 is 1.84 bits per heavy atom. The summed E-state index contributed by atoms with van der Waals surface area (Å²) in [5.41, 5.74) is 3.58. The number of carbonyl (C=O) groups is 2. The number of carbonyl (C=O) groups excluding carboxylic acids is 2. The number of anilines is 1. The normalized spacial score (nSPS) is 16.8. The van der Waals surface area contributed by atoms with Crippen molar-refractivity contribution < 1.29 is 9.59 Å². The van der Waals surface area contributed by atoms with E-state index in [-0.39, 0.29) is 11.8 Å². The lowest BCUT2D eigenvalue weighted by atomic mass is 10.1. The Kier molecular flexibility index (Phi) is 5.35. The van der Waals surface area contributed by atoms with Crippen LogP contribution in [0.3, 0.4) is 0 Å². The Morgan fingerprint density at radius 3 is 2.52 bits per heavy atom. The van der Waals surface area contributed by atoms with Crippen LogP contribution in [-0.2, 0) is 4.79 Å². The first kappa shape index (κ1) is 17.8. The first-order chi connectivity index (χ1) is 12.0. The van der Waals surface area contributed by atoms with Crippen molar-refractivity contribution >= 4 is 40.9 Å². The summed E-state index contributed by atoms with van der Waals surface area (Å²) in [5.74, 6) is 0.792. The Morgan fingerprint density at radius 1 is 1.12 bits per heavy atom. The third kappa shape index (κ3) is 3.99. The molecule has 2 amide bonds. The van der Waals surface area contributed by atoms with E-state index in [1.54, 1.807) is 40.9 Å². The van der Waals surface area contributed by atoms with Crippen molar-refractivity contribution in [1.82, 2.24) is 4.90 Å². The zero-order chi connectivity index (χ0) is 18.0. The van der Waals surface area contributed by atoms with Crippen molar-refractivity contribution in [3.05, 3.63) is 64.2 Å². The van der Waals surface area contributed by atoms with Crippen molar-refractivity contribution in [1.29, 1.82) is 0 Å². The molecule has 130 valence electrons. The van der Waals surface area contributed by atoms with Gasteiger partial charge in [0.1, 0.15) is 6.04 Å². The molecule has 1 N–H and O–H groups in total. The smallest absolute Gasteiger partial charge is 0.255 e. The highest BCUT2D eigenvalue weighted by atomic mass is 35.5. The number of hydrogen-bond acceptors (Lipinski definition) is 3. The molecule has 4 nitrogen and oxygen atoms in total. The molecule has 1 aliphatic heterocycles. The Balaban J connectivity index is 1.74. The molecule has 0 radical (unpaired) electrons. The summed E-state index contributed by atoms with van der Waals surface area (Å²) in [6.45, 7) is 4.04. The monoisotopic (exact) mass is 374 g/mol. The van der Waals surface area contributed by atoms with E-state index in [1.165, 1.54) is 5.56 Å². The molecular weight excluding hydrogens is 356 g/mol. The maximum atomic E-state index is 12.7. The summed E-state index contributed by atoms with van der Waals surface area (Å²) in [6.07, 6.45) is 0. The minimum Gasteiger partial charge on any atom is -0.324 e. The van der Waals surface area contributed by atoms with Gasteiger partial charge in [-0.25, -0.2) is 0 Å². The predicted octanol–water partition coefficient (Wildman–Crippen LogP) is 4.11. The number of hydrogen-bond donors (Lipinski definition) is 1. The van der Waals surface area contributed by atoms with Gasteiger partial charge in [-0.15, -0.1) is 11.8 Å². The second-order valence-corrected chi connectivity index (χ2v) is 7.52. The van der Waals surface area contributed by atoms with E-state index in [0.717, 1.165) is 11.3 Å². The molecule has 1 aliphatic rings. The van der Waals surface area contributed by atoms with Gasteiger partial charge in [-0.2, -0.15) is 0 Å². The number of halogens is 1. The third-order valence-electron chi connectivity index (χ3n) is 4.31. The molecule has 2 aromatic rings. The Labute approximate surface area is 156 Å². The van der Waals surface area contributed by atoms with Crippen LogP contribution in [0.2, 0.25) is 5.02 Å². The van der Waals surface area contributed by atoms with Crippen molar-refractivity contribution in [3.8, 4) is 0 Å². The summed E-state index contributed by atoms with van der Waals surface area (Å²) in [7, 11) is 0. The molecule has 0 bridgehead atoms. The van der Waals surface area contributed by atoms with Crippen LogP contribution in [0.15, 0.2) is 42.5 Å². The Hall–Kier alpha value is -1.98. The molecular formula is C19H19ClN2O2S. The lowest BCUT2D eigenvalue weighted by Gasteiger charge is -2.23. The van der Waals surface area contributed by atoms with Gasteiger partial charge in [0.15, 0.2) is 0 Å². The third-order valence-corrected chi connectivity index (χ3v) is 5.58. The fourth-order valence-corrected chi connectivity index (χ4v) is 3.94. The van der Waals surface area contributed by atoms with Gasteiger partial charge in [0, 0.05) is 22.0 Å². The first-order valence-corrected chi connectivity index (χ1v) is 9.51. The van der Waals surface area contributed by atoms with Crippen LogP contribution < -0.4 is 5.32 Å². The van der Waals surface area contributed by atoms with Crippen LogP contribution in [0, 0.1) is 13.8 Å². The number of benzene rings is 2. The molecule has 1 fully saturated rings. The van der Waals surface area contributed by atoms with E-state index in [0.29, 0.717) is 22.2 Å². The van der Waals surface area contributed by atoms with Gasteiger partial charge in [0.05, 0.1) is 5.88 Å². The minimum absolute atomic E-state index is 0.151. The van der Waals surface area contributed by atoms with Crippen molar-refractivity contribution in [3.63, 3.8) is 0 Å². The number of aryl methyl sites for hydroxylation is 2.